The van der Waals surface area contributed by atoms with Crippen molar-refractivity contribution < 1.29 is 14.6 Å². The van der Waals surface area contributed by atoms with Crippen LogP contribution in [0.4, 0.5) is 0 Å². The van der Waals surface area contributed by atoms with Gasteiger partial charge in [-0.3, -0.25) is 4.79 Å². The van der Waals surface area contributed by atoms with E-state index < -0.39 is 11.4 Å². The van der Waals surface area contributed by atoms with Crippen molar-refractivity contribution in [3.8, 4) is 5.75 Å². The summed E-state index contributed by atoms with van der Waals surface area (Å²) in [6, 6.07) is 5.29. The molecule has 0 amide bonds. The minimum atomic E-state index is -0.920. The average Bonchev–Trinajstić information content (AvgIpc) is 2.28. The number of carboxylic acid groups (broad SMARTS) is 1. The van der Waals surface area contributed by atoms with Crippen molar-refractivity contribution in [2.24, 2.45) is 5.41 Å². The summed E-state index contributed by atoms with van der Waals surface area (Å²) in [5, 5.41) is 12.7. The summed E-state index contributed by atoms with van der Waals surface area (Å²) in [6.07, 6.45) is 0. The number of carboxylic acids is 1. The maximum absolute atomic E-state index is 11.0. The molecule has 1 rings (SSSR count). The first-order valence-electron chi connectivity index (χ1n) is 5.66. The Kier molecular flexibility index (Phi) is 4.99. The number of rotatable bonds is 6. The molecule has 1 aromatic carbocycles. The summed E-state index contributed by atoms with van der Waals surface area (Å²) in [6.45, 7) is 3.98. The highest BCUT2D eigenvalue weighted by molar-refractivity contribution is 6.30. The molecule has 4 nitrogen and oxygen atoms in total. The highest BCUT2D eigenvalue weighted by Gasteiger charge is 2.28. The van der Waals surface area contributed by atoms with Crippen LogP contribution in [0.1, 0.15) is 19.4 Å². The number of benzene rings is 1. The Morgan fingerprint density at radius 2 is 2.17 bits per heavy atom. The van der Waals surface area contributed by atoms with Gasteiger partial charge in [-0.05, 0) is 39.1 Å². The monoisotopic (exact) mass is 271 g/mol. The summed E-state index contributed by atoms with van der Waals surface area (Å²) in [5.74, 6) is -0.227. The van der Waals surface area contributed by atoms with Gasteiger partial charge in [0.15, 0.2) is 0 Å². The summed E-state index contributed by atoms with van der Waals surface area (Å²) in [5.41, 5.74) is -0.0116. The van der Waals surface area contributed by atoms with Gasteiger partial charge >= 0.3 is 5.97 Å². The number of aliphatic carboxylic acids is 1. The van der Waals surface area contributed by atoms with E-state index in [1.165, 1.54) is 0 Å². The van der Waals surface area contributed by atoms with Gasteiger partial charge in [-0.15, -0.1) is 0 Å². The van der Waals surface area contributed by atoms with Crippen molar-refractivity contribution in [2.75, 3.05) is 13.7 Å². The van der Waals surface area contributed by atoms with Gasteiger partial charge in [-0.2, -0.15) is 0 Å². The van der Waals surface area contributed by atoms with Crippen LogP contribution >= 0.6 is 11.6 Å². The molecule has 0 aromatic heterocycles. The van der Waals surface area contributed by atoms with Crippen LogP contribution in [0.25, 0.3) is 0 Å². The van der Waals surface area contributed by atoms with E-state index in [4.69, 9.17) is 21.4 Å². The normalized spacial score (nSPS) is 11.3. The van der Waals surface area contributed by atoms with Crippen molar-refractivity contribution in [1.82, 2.24) is 5.32 Å². The molecule has 0 spiro atoms. The first kappa shape index (κ1) is 14.8. The van der Waals surface area contributed by atoms with Crippen LogP contribution in [0, 0.1) is 5.41 Å². The third-order valence-corrected chi connectivity index (χ3v) is 2.79. The first-order valence-corrected chi connectivity index (χ1v) is 6.04. The quantitative estimate of drug-likeness (QED) is 0.835. The molecule has 0 unspecified atom stereocenters. The summed E-state index contributed by atoms with van der Waals surface area (Å²) < 4.78 is 5.59. The van der Waals surface area contributed by atoms with Crippen LogP contribution in [-0.2, 0) is 11.3 Å². The van der Waals surface area contributed by atoms with Crippen molar-refractivity contribution >= 4 is 17.6 Å². The highest BCUT2D eigenvalue weighted by atomic mass is 35.5. The van der Waals surface area contributed by atoms with Gasteiger partial charge in [0, 0.05) is 17.1 Å². The molecule has 1 aromatic rings. The van der Waals surface area contributed by atoms with Gasteiger partial charge < -0.3 is 15.2 Å². The maximum atomic E-state index is 11.0. The van der Waals surface area contributed by atoms with Gasteiger partial charge in [0.05, 0.1) is 5.41 Å². The molecule has 2 N–H and O–H groups in total. The largest absolute Gasteiger partial charge is 0.492 e. The number of nitrogens with one attached hydrogen (secondary N) is 1. The van der Waals surface area contributed by atoms with E-state index >= 15 is 0 Å². The van der Waals surface area contributed by atoms with E-state index in [2.05, 4.69) is 5.32 Å². The number of halogens is 1. The zero-order valence-corrected chi connectivity index (χ0v) is 11.5. The van der Waals surface area contributed by atoms with Crippen LogP contribution in [0.3, 0.4) is 0 Å². The lowest BCUT2D eigenvalue weighted by molar-refractivity contribution is -0.148. The Morgan fingerprint density at radius 3 is 2.72 bits per heavy atom. The molecule has 0 aliphatic heterocycles. The van der Waals surface area contributed by atoms with Gasteiger partial charge in [-0.25, -0.2) is 0 Å². The predicted octanol–water partition coefficient (Wildman–Crippen LogP) is 2.55. The lowest BCUT2D eigenvalue weighted by atomic mass is 9.95. The van der Waals surface area contributed by atoms with Crippen LogP contribution in [0.2, 0.25) is 5.02 Å². The molecule has 0 atom stereocenters. The SMILES string of the molecule is CNCc1cc(Cl)ccc1OCC(C)(C)C(=O)O. The fourth-order valence-corrected chi connectivity index (χ4v) is 1.53. The predicted molar refractivity (Wildman–Crippen MR) is 71.1 cm³/mol. The Balaban J connectivity index is 2.81. The van der Waals surface area contributed by atoms with Crippen molar-refractivity contribution in [3.63, 3.8) is 0 Å². The zero-order chi connectivity index (χ0) is 13.8. The van der Waals surface area contributed by atoms with Gasteiger partial charge in [0.25, 0.3) is 0 Å². The molecular weight excluding hydrogens is 254 g/mol. The molecule has 100 valence electrons. The van der Waals surface area contributed by atoms with Crippen LogP contribution in [-0.4, -0.2) is 24.7 Å². The second-order valence-electron chi connectivity index (χ2n) is 4.76. The van der Waals surface area contributed by atoms with Crippen LogP contribution in [0.15, 0.2) is 18.2 Å². The summed E-state index contributed by atoms with van der Waals surface area (Å²) >= 11 is 5.92. The molecular formula is C13H18ClNO3. The Labute approximate surface area is 112 Å². The van der Waals surface area contributed by atoms with Crippen LogP contribution in [0.5, 0.6) is 5.75 Å². The molecule has 0 bridgehead atoms. The number of ether oxygens (including phenoxy) is 1. The molecule has 0 heterocycles. The number of carbonyl (C=O) groups is 1. The molecule has 0 aliphatic carbocycles. The Morgan fingerprint density at radius 1 is 1.50 bits per heavy atom. The van der Waals surface area contributed by atoms with Gasteiger partial charge in [0.1, 0.15) is 12.4 Å². The molecule has 18 heavy (non-hydrogen) atoms. The minimum Gasteiger partial charge on any atom is -0.492 e. The molecule has 0 aliphatic rings. The Bertz CT molecular complexity index is 432. The van der Waals surface area contributed by atoms with Crippen molar-refractivity contribution in [2.45, 2.75) is 20.4 Å². The molecule has 5 heteroatoms. The topological polar surface area (TPSA) is 58.6 Å². The van der Waals surface area contributed by atoms with Gasteiger partial charge in [-0.1, -0.05) is 11.6 Å². The number of hydrogen-bond acceptors (Lipinski definition) is 3. The minimum absolute atomic E-state index is 0.112. The second-order valence-corrected chi connectivity index (χ2v) is 5.20. The zero-order valence-electron chi connectivity index (χ0n) is 10.8. The molecule has 0 saturated heterocycles. The fourth-order valence-electron chi connectivity index (χ4n) is 1.34. The highest BCUT2D eigenvalue weighted by Crippen LogP contribution is 2.25. The second kappa shape index (κ2) is 6.07. The molecule has 0 radical (unpaired) electrons. The fraction of sp³-hybridized carbons (Fsp3) is 0.462. The van der Waals surface area contributed by atoms with Crippen LogP contribution < -0.4 is 10.1 Å². The van der Waals surface area contributed by atoms with Crippen molar-refractivity contribution in [1.29, 1.82) is 0 Å². The lowest BCUT2D eigenvalue weighted by Crippen LogP contribution is -2.31. The van der Waals surface area contributed by atoms with E-state index in [1.54, 1.807) is 32.0 Å². The lowest BCUT2D eigenvalue weighted by Gasteiger charge is -2.21. The Hall–Kier alpha value is -1.26. The van der Waals surface area contributed by atoms with E-state index in [1.807, 2.05) is 7.05 Å². The third-order valence-electron chi connectivity index (χ3n) is 2.56. The average molecular weight is 272 g/mol. The first-order chi connectivity index (χ1) is 8.36. The van der Waals surface area contributed by atoms with E-state index in [9.17, 15) is 4.79 Å². The third kappa shape index (κ3) is 3.89. The maximum Gasteiger partial charge on any atom is 0.312 e. The van der Waals surface area contributed by atoms with Crippen molar-refractivity contribution in [3.05, 3.63) is 28.8 Å². The summed E-state index contributed by atoms with van der Waals surface area (Å²) in [4.78, 5) is 11.0. The van der Waals surface area contributed by atoms with Gasteiger partial charge in [0.2, 0.25) is 0 Å². The molecule has 0 saturated carbocycles. The van der Waals surface area contributed by atoms with E-state index in [0.717, 1.165) is 5.56 Å². The molecule has 0 fully saturated rings. The van der Waals surface area contributed by atoms with E-state index in [-0.39, 0.29) is 6.61 Å². The summed E-state index contributed by atoms with van der Waals surface area (Å²) in [7, 11) is 1.83. The standard InChI is InChI=1S/C13H18ClNO3/c1-13(2,12(16)17)8-18-11-5-4-10(14)6-9(11)7-15-3/h4-6,15H,7-8H2,1-3H3,(H,16,17). The smallest absolute Gasteiger partial charge is 0.312 e. The number of hydrogen-bond donors (Lipinski definition) is 2. The van der Waals surface area contributed by atoms with E-state index in [0.29, 0.717) is 17.3 Å².